The van der Waals surface area contributed by atoms with Crippen molar-refractivity contribution >= 4 is 50.4 Å². The van der Waals surface area contributed by atoms with Crippen molar-refractivity contribution in [1.29, 1.82) is 5.26 Å². The number of anilines is 1. The highest BCUT2D eigenvalue weighted by Crippen LogP contribution is 2.22. The molecule has 0 unspecified atom stereocenters. The molecular formula is C23H21BrN4O2. The highest BCUT2D eigenvalue weighted by atomic mass is 79.9. The van der Waals surface area contributed by atoms with E-state index in [1.165, 1.54) is 6.08 Å². The van der Waals surface area contributed by atoms with Crippen molar-refractivity contribution in [2.24, 2.45) is 0 Å². The first kappa shape index (κ1) is 21.3. The van der Waals surface area contributed by atoms with E-state index in [0.29, 0.717) is 18.7 Å². The third kappa shape index (κ3) is 5.82. The Morgan fingerprint density at radius 1 is 1.13 bits per heavy atom. The van der Waals surface area contributed by atoms with Crippen molar-refractivity contribution in [3.05, 3.63) is 70.8 Å². The Balaban J connectivity index is 1.53. The number of hydrogen-bond acceptors (Lipinski definition) is 3. The minimum Gasteiger partial charge on any atom is -0.352 e. The topological polar surface area (TPSA) is 86.9 Å². The van der Waals surface area contributed by atoms with E-state index in [4.69, 9.17) is 5.26 Å². The van der Waals surface area contributed by atoms with E-state index >= 15 is 0 Å². The number of aromatic nitrogens is 1. The van der Waals surface area contributed by atoms with E-state index in [9.17, 15) is 9.59 Å². The molecular weight excluding hydrogens is 444 g/mol. The maximum absolute atomic E-state index is 12.1. The first-order chi connectivity index (χ1) is 14.6. The first-order valence-corrected chi connectivity index (χ1v) is 10.3. The van der Waals surface area contributed by atoms with Gasteiger partial charge in [0.1, 0.15) is 0 Å². The fraction of sp³-hybridized carbons (Fsp3) is 0.174. The molecule has 0 spiro atoms. The van der Waals surface area contributed by atoms with Crippen LogP contribution in [0.5, 0.6) is 0 Å². The summed E-state index contributed by atoms with van der Waals surface area (Å²) >= 11 is 3.35. The summed E-state index contributed by atoms with van der Waals surface area (Å²) < 4.78 is 2.95. The van der Waals surface area contributed by atoms with E-state index in [1.807, 2.05) is 47.2 Å². The number of rotatable bonds is 8. The van der Waals surface area contributed by atoms with Gasteiger partial charge in [-0.05, 0) is 36.4 Å². The molecule has 1 heterocycles. The number of hydrogen-bond donors (Lipinski definition) is 2. The summed E-state index contributed by atoms with van der Waals surface area (Å²) in [6.07, 6.45) is 5.76. The van der Waals surface area contributed by atoms with E-state index in [1.54, 1.807) is 18.2 Å². The van der Waals surface area contributed by atoms with E-state index in [2.05, 4.69) is 32.6 Å². The third-order valence-corrected chi connectivity index (χ3v) is 5.01. The van der Waals surface area contributed by atoms with Crippen LogP contribution < -0.4 is 10.6 Å². The summed E-state index contributed by atoms with van der Waals surface area (Å²) in [6.45, 7) is 0.847. The number of amides is 2. The van der Waals surface area contributed by atoms with Crippen LogP contribution in [0.4, 0.5) is 5.69 Å². The largest absolute Gasteiger partial charge is 0.352 e. The monoisotopic (exact) mass is 464 g/mol. The van der Waals surface area contributed by atoms with Crippen LogP contribution >= 0.6 is 15.9 Å². The van der Waals surface area contributed by atoms with Crippen molar-refractivity contribution in [1.82, 2.24) is 9.88 Å². The molecule has 0 aliphatic heterocycles. The van der Waals surface area contributed by atoms with Crippen LogP contribution in [0.15, 0.2) is 65.3 Å². The number of para-hydroxylation sites is 1. The molecule has 0 fully saturated rings. The number of fused-ring (bicyclic) bond motifs is 1. The van der Waals surface area contributed by atoms with Gasteiger partial charge in [0.15, 0.2) is 0 Å². The number of carbonyl (C=O) groups excluding carboxylic acids is 2. The lowest BCUT2D eigenvalue weighted by Crippen LogP contribution is -2.26. The standard InChI is InChI=1S/C23H21BrN4O2/c24-18-7-9-19(10-8-18)27-23(30)12-14-26-22(29)11-6-17-16-28(15-3-13-25)21-5-2-1-4-20(17)21/h1-2,4-11,16H,3,12,14-15H2,(H,26,29)(H,27,30)/b11-6+. The zero-order valence-corrected chi connectivity index (χ0v) is 17.9. The number of halogens is 1. The Kier molecular flexibility index (Phi) is 7.41. The molecule has 0 bridgehead atoms. The SMILES string of the molecule is N#CCCn1cc(/C=C/C(=O)NCCC(=O)Nc2ccc(Br)cc2)c2ccccc21. The highest BCUT2D eigenvalue weighted by molar-refractivity contribution is 9.10. The van der Waals surface area contributed by atoms with Gasteiger partial charge in [-0.1, -0.05) is 34.1 Å². The molecule has 6 nitrogen and oxygen atoms in total. The Hall–Kier alpha value is -3.37. The quantitative estimate of drug-likeness (QED) is 0.481. The average Bonchev–Trinajstić information content (AvgIpc) is 3.10. The summed E-state index contributed by atoms with van der Waals surface area (Å²) in [4.78, 5) is 24.1. The van der Waals surface area contributed by atoms with Crippen LogP contribution in [-0.4, -0.2) is 22.9 Å². The van der Waals surface area contributed by atoms with Crippen molar-refractivity contribution in [3.8, 4) is 6.07 Å². The smallest absolute Gasteiger partial charge is 0.244 e. The summed E-state index contributed by atoms with van der Waals surface area (Å²) in [6, 6.07) is 17.3. The van der Waals surface area contributed by atoms with Crippen molar-refractivity contribution < 1.29 is 9.59 Å². The summed E-state index contributed by atoms with van der Waals surface area (Å²) in [7, 11) is 0. The Labute approximate surface area is 183 Å². The van der Waals surface area contributed by atoms with Gasteiger partial charge in [-0.2, -0.15) is 5.26 Å². The van der Waals surface area contributed by atoms with Crippen LogP contribution in [0, 0.1) is 11.3 Å². The summed E-state index contributed by atoms with van der Waals surface area (Å²) in [5, 5.41) is 15.4. The lowest BCUT2D eigenvalue weighted by atomic mass is 10.1. The van der Waals surface area contributed by atoms with Crippen molar-refractivity contribution in [2.75, 3.05) is 11.9 Å². The van der Waals surface area contributed by atoms with E-state index in [0.717, 1.165) is 20.9 Å². The molecule has 0 atom stereocenters. The fourth-order valence-corrected chi connectivity index (χ4v) is 3.31. The minimum atomic E-state index is -0.264. The number of aryl methyl sites for hydroxylation is 1. The molecule has 3 rings (SSSR count). The zero-order chi connectivity index (χ0) is 21.3. The number of nitrogens with one attached hydrogen (secondary N) is 2. The predicted octanol–water partition coefficient (Wildman–Crippen LogP) is 4.48. The molecule has 7 heteroatoms. The lowest BCUT2D eigenvalue weighted by Gasteiger charge is -2.05. The van der Waals surface area contributed by atoms with Crippen LogP contribution in [0.1, 0.15) is 18.4 Å². The average molecular weight is 465 g/mol. The van der Waals surface area contributed by atoms with Gasteiger partial charge in [-0.25, -0.2) is 0 Å². The maximum Gasteiger partial charge on any atom is 0.244 e. The van der Waals surface area contributed by atoms with Crippen molar-refractivity contribution in [3.63, 3.8) is 0 Å². The maximum atomic E-state index is 12.1. The Bertz CT molecular complexity index is 1110. The van der Waals surface area contributed by atoms with E-state index in [-0.39, 0.29) is 24.8 Å². The molecule has 30 heavy (non-hydrogen) atoms. The van der Waals surface area contributed by atoms with Gasteiger partial charge in [0.05, 0.1) is 12.5 Å². The first-order valence-electron chi connectivity index (χ1n) is 9.53. The second-order valence-electron chi connectivity index (χ2n) is 6.63. The van der Waals surface area contributed by atoms with Gasteiger partial charge >= 0.3 is 0 Å². The minimum absolute atomic E-state index is 0.165. The van der Waals surface area contributed by atoms with Crippen LogP contribution in [-0.2, 0) is 16.1 Å². The molecule has 1 aromatic heterocycles. The van der Waals surface area contributed by atoms with Gasteiger partial charge in [-0.15, -0.1) is 0 Å². The molecule has 2 aromatic carbocycles. The molecule has 152 valence electrons. The number of nitrogens with zero attached hydrogens (tertiary/aromatic N) is 2. The van der Waals surface area contributed by atoms with Gasteiger partial charge in [0.25, 0.3) is 0 Å². The molecule has 0 saturated heterocycles. The predicted molar refractivity (Wildman–Crippen MR) is 122 cm³/mol. The summed E-state index contributed by atoms with van der Waals surface area (Å²) in [5.74, 6) is -0.428. The van der Waals surface area contributed by atoms with Gasteiger partial charge in [0.2, 0.25) is 11.8 Å². The molecule has 0 aliphatic carbocycles. The molecule has 2 N–H and O–H groups in total. The van der Waals surface area contributed by atoms with E-state index < -0.39 is 0 Å². The fourth-order valence-electron chi connectivity index (χ4n) is 3.04. The Morgan fingerprint density at radius 3 is 2.67 bits per heavy atom. The second-order valence-corrected chi connectivity index (χ2v) is 7.55. The normalized spacial score (nSPS) is 10.8. The second kappa shape index (κ2) is 10.4. The van der Waals surface area contributed by atoms with Gasteiger partial charge in [-0.3, -0.25) is 9.59 Å². The molecule has 0 saturated carbocycles. The van der Waals surface area contributed by atoms with Gasteiger partial charge in [0, 0.05) is 58.4 Å². The van der Waals surface area contributed by atoms with Crippen LogP contribution in [0.3, 0.4) is 0 Å². The Morgan fingerprint density at radius 2 is 1.90 bits per heavy atom. The molecule has 0 aliphatic rings. The third-order valence-electron chi connectivity index (χ3n) is 4.48. The van der Waals surface area contributed by atoms with Gasteiger partial charge < -0.3 is 15.2 Å². The number of carbonyl (C=O) groups is 2. The molecule has 0 radical (unpaired) electrons. The summed E-state index contributed by atoms with van der Waals surface area (Å²) in [5.41, 5.74) is 2.64. The molecule has 2 amide bonds. The zero-order valence-electron chi connectivity index (χ0n) is 16.3. The van der Waals surface area contributed by atoms with Crippen LogP contribution in [0.25, 0.3) is 17.0 Å². The highest BCUT2D eigenvalue weighted by Gasteiger charge is 2.07. The number of nitriles is 1. The molecule has 3 aromatic rings. The lowest BCUT2D eigenvalue weighted by molar-refractivity contribution is -0.117. The van der Waals surface area contributed by atoms with Crippen LogP contribution in [0.2, 0.25) is 0 Å². The number of benzene rings is 2. The van der Waals surface area contributed by atoms with Crippen molar-refractivity contribution in [2.45, 2.75) is 19.4 Å².